The predicted molar refractivity (Wildman–Crippen MR) is 140 cm³/mol. The van der Waals surface area contributed by atoms with Crippen molar-refractivity contribution < 1.29 is 17.9 Å². The van der Waals surface area contributed by atoms with Gasteiger partial charge in [-0.2, -0.15) is 8.42 Å². The van der Waals surface area contributed by atoms with Crippen LogP contribution in [0.25, 0.3) is 5.82 Å². The number of hydrogen-bond donors (Lipinski definition) is 2. The molecule has 37 heavy (non-hydrogen) atoms. The summed E-state index contributed by atoms with van der Waals surface area (Å²) in [6.07, 6.45) is 2.62. The predicted octanol–water partition coefficient (Wildman–Crippen LogP) is 3.02. The molecule has 4 rings (SSSR count). The number of ether oxygens (including phenoxy) is 1. The average molecular weight is 528 g/mol. The third kappa shape index (κ3) is 5.85. The summed E-state index contributed by atoms with van der Waals surface area (Å²) in [7, 11) is -4.25. The lowest BCUT2D eigenvalue weighted by Gasteiger charge is -2.34. The van der Waals surface area contributed by atoms with Crippen LogP contribution >= 0.6 is 0 Å². The highest BCUT2D eigenvalue weighted by molar-refractivity contribution is 7.90. The number of hydrogen-bond acceptors (Lipinski definition) is 9. The van der Waals surface area contributed by atoms with E-state index in [-0.39, 0.29) is 21.9 Å². The number of carbonyl (C=O) groups is 1. The van der Waals surface area contributed by atoms with Crippen LogP contribution in [0, 0.1) is 11.8 Å². The summed E-state index contributed by atoms with van der Waals surface area (Å²) >= 11 is 0. The number of amides is 1. The molecule has 11 nitrogen and oxygen atoms in total. The molecule has 1 atom stereocenters. The summed E-state index contributed by atoms with van der Waals surface area (Å²) in [6, 6.07) is 9.13. The van der Waals surface area contributed by atoms with Crippen molar-refractivity contribution in [3.05, 3.63) is 48.2 Å². The number of aromatic nitrogens is 4. The lowest BCUT2D eigenvalue weighted by Crippen LogP contribution is -2.41. The number of pyridine rings is 2. The van der Waals surface area contributed by atoms with E-state index in [0.717, 1.165) is 6.42 Å². The van der Waals surface area contributed by atoms with E-state index in [0.29, 0.717) is 42.5 Å². The molecule has 0 bridgehead atoms. The van der Waals surface area contributed by atoms with Crippen LogP contribution in [0.2, 0.25) is 0 Å². The molecule has 0 aliphatic carbocycles. The Bertz CT molecular complexity index is 1400. The third-order valence-electron chi connectivity index (χ3n) is 6.05. The molecule has 3 aromatic rings. The van der Waals surface area contributed by atoms with Crippen LogP contribution in [0.3, 0.4) is 0 Å². The van der Waals surface area contributed by atoms with Gasteiger partial charge in [0.15, 0.2) is 10.8 Å². The topological polar surface area (TPSA) is 145 Å². The van der Waals surface area contributed by atoms with Crippen molar-refractivity contribution in [1.82, 2.24) is 24.5 Å². The molecule has 1 aliphatic rings. The van der Waals surface area contributed by atoms with E-state index in [9.17, 15) is 13.2 Å². The first-order valence-corrected chi connectivity index (χ1v) is 13.6. The zero-order valence-corrected chi connectivity index (χ0v) is 22.5. The lowest BCUT2D eigenvalue weighted by atomic mass is 9.97. The summed E-state index contributed by atoms with van der Waals surface area (Å²) in [5.41, 5.74) is 5.46. The number of nitrogens with zero attached hydrogens (tertiary/aromatic N) is 5. The quantitative estimate of drug-likeness (QED) is 0.451. The molecule has 1 saturated heterocycles. The Kier molecular flexibility index (Phi) is 7.13. The highest BCUT2D eigenvalue weighted by atomic mass is 32.2. The van der Waals surface area contributed by atoms with Gasteiger partial charge in [-0.05, 0) is 56.4 Å². The zero-order valence-electron chi connectivity index (χ0n) is 21.7. The molecule has 0 unspecified atom stereocenters. The standard InChI is InChI=1S/C25H33N7O4S/c1-16(2)15-36-21-11-12-32(29-21)20-10-9-18(23(28-20)31-14-17(3)13-25(31,4)5)24(33)30-37(34,35)22-8-6-7-19(26)27-22/h6-12,16-17H,13-15H2,1-5H3,(H2,26,27)(H,30,33)/t17-/m0/s1. The number of nitrogen functional groups attached to an aromatic ring is 1. The van der Waals surface area contributed by atoms with Gasteiger partial charge in [-0.1, -0.05) is 26.8 Å². The minimum atomic E-state index is -4.25. The second kappa shape index (κ2) is 10.0. The van der Waals surface area contributed by atoms with E-state index in [4.69, 9.17) is 15.5 Å². The first-order valence-electron chi connectivity index (χ1n) is 12.1. The van der Waals surface area contributed by atoms with E-state index in [2.05, 4.69) is 49.4 Å². The maximum absolute atomic E-state index is 13.3. The number of nitrogens with two attached hydrogens (primary N) is 1. The smallest absolute Gasteiger partial charge is 0.281 e. The molecule has 4 heterocycles. The van der Waals surface area contributed by atoms with Crippen molar-refractivity contribution >= 4 is 27.6 Å². The molecule has 0 radical (unpaired) electrons. The van der Waals surface area contributed by atoms with Crippen molar-refractivity contribution in [2.24, 2.45) is 11.8 Å². The summed E-state index contributed by atoms with van der Waals surface area (Å²) < 4.78 is 35.1. The molecule has 198 valence electrons. The van der Waals surface area contributed by atoms with Crippen LogP contribution in [0.4, 0.5) is 11.6 Å². The van der Waals surface area contributed by atoms with E-state index < -0.39 is 15.9 Å². The maximum Gasteiger partial charge on any atom is 0.281 e. The highest BCUT2D eigenvalue weighted by Gasteiger charge is 2.39. The van der Waals surface area contributed by atoms with Crippen LogP contribution in [0.5, 0.6) is 5.88 Å². The van der Waals surface area contributed by atoms with Crippen molar-refractivity contribution in [2.45, 2.75) is 51.6 Å². The maximum atomic E-state index is 13.3. The fraction of sp³-hybridized carbons (Fsp3) is 0.440. The van der Waals surface area contributed by atoms with Crippen LogP contribution in [0.15, 0.2) is 47.6 Å². The van der Waals surface area contributed by atoms with Gasteiger partial charge in [0, 0.05) is 24.3 Å². The van der Waals surface area contributed by atoms with E-state index in [1.165, 1.54) is 18.2 Å². The molecular formula is C25H33N7O4S. The van der Waals surface area contributed by atoms with Crippen molar-refractivity contribution in [2.75, 3.05) is 23.8 Å². The number of carbonyl (C=O) groups excluding carboxylic acids is 1. The fourth-order valence-corrected chi connectivity index (χ4v) is 5.42. The minimum Gasteiger partial charge on any atom is -0.476 e. The first kappa shape index (κ1) is 26.4. The van der Waals surface area contributed by atoms with Gasteiger partial charge in [-0.15, -0.1) is 5.10 Å². The molecule has 0 saturated carbocycles. The molecule has 12 heteroatoms. The van der Waals surface area contributed by atoms with Gasteiger partial charge in [-0.25, -0.2) is 19.4 Å². The second-order valence-electron chi connectivity index (χ2n) is 10.4. The van der Waals surface area contributed by atoms with Gasteiger partial charge in [0.1, 0.15) is 11.6 Å². The summed E-state index contributed by atoms with van der Waals surface area (Å²) in [6.45, 7) is 11.6. The Morgan fingerprint density at radius 3 is 2.62 bits per heavy atom. The average Bonchev–Trinajstić information content (AvgIpc) is 3.40. The highest BCUT2D eigenvalue weighted by Crippen LogP contribution is 2.37. The zero-order chi connectivity index (χ0) is 27.0. The molecule has 3 N–H and O–H groups in total. The molecule has 0 aromatic carbocycles. The van der Waals surface area contributed by atoms with Crippen molar-refractivity contribution in [3.63, 3.8) is 0 Å². The van der Waals surface area contributed by atoms with Gasteiger partial charge in [0.25, 0.3) is 15.9 Å². The molecular weight excluding hydrogens is 494 g/mol. The molecule has 1 fully saturated rings. The Hall–Kier alpha value is -3.67. The van der Waals surface area contributed by atoms with Crippen molar-refractivity contribution in [1.29, 1.82) is 0 Å². The number of nitrogens with one attached hydrogen (secondary N) is 1. The second-order valence-corrected chi connectivity index (χ2v) is 12.0. The molecule has 1 aliphatic heterocycles. The first-order chi connectivity index (χ1) is 17.4. The van der Waals surface area contributed by atoms with Crippen LogP contribution in [-0.4, -0.2) is 52.8 Å². The van der Waals surface area contributed by atoms with Gasteiger partial charge >= 0.3 is 0 Å². The third-order valence-corrected chi connectivity index (χ3v) is 7.28. The number of anilines is 2. The van der Waals surface area contributed by atoms with Crippen LogP contribution in [-0.2, 0) is 10.0 Å². The van der Waals surface area contributed by atoms with Crippen molar-refractivity contribution in [3.8, 4) is 11.7 Å². The van der Waals surface area contributed by atoms with E-state index in [1.54, 1.807) is 29.1 Å². The largest absolute Gasteiger partial charge is 0.476 e. The lowest BCUT2D eigenvalue weighted by molar-refractivity contribution is 0.0981. The van der Waals surface area contributed by atoms with Gasteiger partial charge < -0.3 is 15.4 Å². The molecule has 1 amide bonds. The molecule has 3 aromatic heterocycles. The minimum absolute atomic E-state index is 0.0332. The van der Waals surface area contributed by atoms with Crippen LogP contribution in [0.1, 0.15) is 51.4 Å². The monoisotopic (exact) mass is 527 g/mol. The number of rotatable bonds is 8. The SMILES string of the molecule is CC(C)COc1ccn(-c2ccc(C(=O)NS(=O)(=O)c3cccc(N)n3)c(N3C[C@@H](C)CC3(C)C)n2)n1. The number of sulfonamides is 1. The Balaban J connectivity index is 1.71. The molecule has 0 spiro atoms. The summed E-state index contributed by atoms with van der Waals surface area (Å²) in [5.74, 6) is 1.25. The van der Waals surface area contributed by atoms with Crippen LogP contribution < -0.4 is 20.1 Å². The van der Waals surface area contributed by atoms with E-state index in [1.807, 2.05) is 4.90 Å². The van der Waals surface area contributed by atoms with E-state index >= 15 is 0 Å². The Morgan fingerprint density at radius 2 is 1.97 bits per heavy atom. The summed E-state index contributed by atoms with van der Waals surface area (Å²) in [5, 5.41) is 4.11. The Labute approximate surface area is 217 Å². The van der Waals surface area contributed by atoms with Gasteiger partial charge in [0.05, 0.1) is 12.2 Å². The Morgan fingerprint density at radius 1 is 1.22 bits per heavy atom. The van der Waals surface area contributed by atoms with Gasteiger partial charge in [0.2, 0.25) is 5.88 Å². The van der Waals surface area contributed by atoms with Gasteiger partial charge in [-0.3, -0.25) is 4.79 Å². The normalized spacial score (nSPS) is 17.2. The summed E-state index contributed by atoms with van der Waals surface area (Å²) in [4.78, 5) is 24.0. The fourth-order valence-electron chi connectivity index (χ4n) is 4.48.